The fraction of sp³-hybridized carbons (Fsp3) is 0.533. The molecule has 1 amide bonds. The minimum absolute atomic E-state index is 0.0996. The molecule has 3 heteroatoms. The highest BCUT2D eigenvalue weighted by atomic mass is 79.9. The van der Waals surface area contributed by atoms with E-state index in [1.807, 2.05) is 12.1 Å². The first-order chi connectivity index (χ1) is 8.63. The summed E-state index contributed by atoms with van der Waals surface area (Å²) in [5.74, 6) is 2.25. The second-order valence-corrected chi connectivity index (χ2v) is 6.62. The van der Waals surface area contributed by atoms with E-state index in [9.17, 15) is 4.79 Å². The molecule has 2 saturated carbocycles. The van der Waals surface area contributed by atoms with E-state index in [0.717, 1.165) is 34.7 Å². The summed E-state index contributed by atoms with van der Waals surface area (Å²) < 4.78 is 1.07. The summed E-state index contributed by atoms with van der Waals surface area (Å²) in [5, 5.41) is 3.14. The first-order valence-electron chi connectivity index (χ1n) is 6.69. The van der Waals surface area contributed by atoms with Gasteiger partial charge in [0.25, 0.3) is 0 Å². The topological polar surface area (TPSA) is 29.1 Å². The summed E-state index contributed by atoms with van der Waals surface area (Å²) in [6.45, 7) is 2.05. The van der Waals surface area contributed by atoms with Crippen molar-refractivity contribution in [2.75, 3.05) is 0 Å². The van der Waals surface area contributed by atoms with Crippen molar-refractivity contribution in [2.24, 2.45) is 17.8 Å². The Morgan fingerprint density at radius 3 is 2.44 bits per heavy atom. The highest BCUT2D eigenvalue weighted by molar-refractivity contribution is 9.10. The highest BCUT2D eigenvalue weighted by Crippen LogP contribution is 2.54. The van der Waals surface area contributed by atoms with Crippen molar-refractivity contribution in [3.8, 4) is 0 Å². The van der Waals surface area contributed by atoms with Crippen LogP contribution < -0.4 is 5.32 Å². The highest BCUT2D eigenvalue weighted by Gasteiger charge is 2.48. The Labute approximate surface area is 116 Å². The molecule has 2 fully saturated rings. The van der Waals surface area contributed by atoms with E-state index in [2.05, 4.69) is 40.3 Å². The Bertz CT molecular complexity index is 446. The Hall–Kier alpha value is -0.830. The number of nitrogens with one attached hydrogen (secondary N) is 1. The van der Waals surface area contributed by atoms with E-state index in [1.54, 1.807) is 0 Å². The average molecular weight is 308 g/mol. The lowest BCUT2D eigenvalue weighted by molar-refractivity contribution is -0.125. The summed E-state index contributed by atoms with van der Waals surface area (Å²) in [5.41, 5.74) is 1.16. The summed E-state index contributed by atoms with van der Waals surface area (Å²) in [6.07, 6.45) is 3.60. The Kier molecular flexibility index (Phi) is 3.18. The van der Waals surface area contributed by atoms with Crippen LogP contribution in [0.1, 0.15) is 37.8 Å². The third kappa shape index (κ3) is 2.46. The zero-order valence-corrected chi connectivity index (χ0v) is 12.1. The normalized spacial score (nSPS) is 30.7. The third-order valence-electron chi connectivity index (χ3n) is 4.34. The van der Waals surface area contributed by atoms with Crippen molar-refractivity contribution < 1.29 is 4.79 Å². The molecule has 1 aromatic rings. The maximum absolute atomic E-state index is 12.1. The van der Waals surface area contributed by atoms with Crippen LogP contribution in [-0.4, -0.2) is 5.91 Å². The van der Waals surface area contributed by atoms with Crippen molar-refractivity contribution in [3.05, 3.63) is 34.3 Å². The van der Waals surface area contributed by atoms with E-state index in [-0.39, 0.29) is 17.9 Å². The van der Waals surface area contributed by atoms with Crippen LogP contribution in [0, 0.1) is 17.8 Å². The molecule has 0 aliphatic heterocycles. The van der Waals surface area contributed by atoms with Crippen LogP contribution in [0.15, 0.2) is 28.7 Å². The number of rotatable bonds is 3. The van der Waals surface area contributed by atoms with Gasteiger partial charge < -0.3 is 5.32 Å². The number of amides is 1. The molecule has 2 aliphatic rings. The van der Waals surface area contributed by atoms with Gasteiger partial charge in [-0.2, -0.15) is 0 Å². The predicted octanol–water partition coefficient (Wildman–Crippen LogP) is 3.67. The fourth-order valence-electron chi connectivity index (χ4n) is 3.09. The number of hydrogen-bond donors (Lipinski definition) is 1. The molecule has 1 N–H and O–H groups in total. The third-order valence-corrected chi connectivity index (χ3v) is 4.87. The number of carbonyl (C=O) groups is 1. The van der Waals surface area contributed by atoms with Gasteiger partial charge in [-0.25, -0.2) is 0 Å². The van der Waals surface area contributed by atoms with E-state index >= 15 is 0 Å². The molecule has 18 heavy (non-hydrogen) atoms. The quantitative estimate of drug-likeness (QED) is 0.907. The largest absolute Gasteiger partial charge is 0.349 e. The second kappa shape index (κ2) is 4.69. The maximum atomic E-state index is 12.1. The first kappa shape index (κ1) is 12.2. The fourth-order valence-corrected chi connectivity index (χ4v) is 3.36. The van der Waals surface area contributed by atoms with Crippen LogP contribution in [0.3, 0.4) is 0 Å². The van der Waals surface area contributed by atoms with Crippen LogP contribution >= 0.6 is 15.9 Å². The smallest absolute Gasteiger partial charge is 0.223 e. The lowest BCUT2D eigenvalue weighted by atomic mass is 10.0. The lowest BCUT2D eigenvalue weighted by Gasteiger charge is -2.18. The first-order valence-corrected chi connectivity index (χ1v) is 7.48. The molecule has 2 unspecified atom stereocenters. The second-order valence-electron chi connectivity index (χ2n) is 5.71. The summed E-state index contributed by atoms with van der Waals surface area (Å²) in [7, 11) is 0. The number of benzene rings is 1. The number of hydrogen-bond acceptors (Lipinski definition) is 1. The molecule has 0 radical (unpaired) electrons. The molecule has 1 aromatic carbocycles. The van der Waals surface area contributed by atoms with Gasteiger partial charge in [0.1, 0.15) is 0 Å². The molecule has 0 aromatic heterocycles. The van der Waals surface area contributed by atoms with Crippen molar-refractivity contribution in [1.29, 1.82) is 0 Å². The molecular weight excluding hydrogens is 290 g/mol. The summed E-state index contributed by atoms with van der Waals surface area (Å²) in [6, 6.07) is 8.25. The van der Waals surface area contributed by atoms with Gasteiger partial charge in [0.15, 0.2) is 0 Å². The van der Waals surface area contributed by atoms with Crippen LogP contribution in [-0.2, 0) is 4.79 Å². The van der Waals surface area contributed by atoms with Gasteiger partial charge >= 0.3 is 0 Å². The molecule has 3 rings (SSSR count). The molecule has 0 spiro atoms. The van der Waals surface area contributed by atoms with Gasteiger partial charge in [-0.3, -0.25) is 4.79 Å². The molecule has 0 bridgehead atoms. The van der Waals surface area contributed by atoms with Crippen LogP contribution in [0.2, 0.25) is 0 Å². The number of carbonyl (C=O) groups excluding carboxylic acids is 1. The van der Waals surface area contributed by atoms with Gasteiger partial charge in [-0.05, 0) is 55.7 Å². The predicted molar refractivity (Wildman–Crippen MR) is 75.0 cm³/mol. The minimum atomic E-state index is 0.0996. The van der Waals surface area contributed by atoms with Crippen LogP contribution in [0.4, 0.5) is 0 Å². The van der Waals surface area contributed by atoms with Gasteiger partial charge in [0, 0.05) is 10.4 Å². The van der Waals surface area contributed by atoms with Gasteiger partial charge in [-0.15, -0.1) is 0 Å². The summed E-state index contributed by atoms with van der Waals surface area (Å²) in [4.78, 5) is 12.1. The molecule has 0 heterocycles. The van der Waals surface area contributed by atoms with Crippen molar-refractivity contribution in [3.63, 3.8) is 0 Å². The Morgan fingerprint density at radius 2 is 1.83 bits per heavy atom. The van der Waals surface area contributed by atoms with E-state index < -0.39 is 0 Å². The van der Waals surface area contributed by atoms with E-state index in [4.69, 9.17) is 0 Å². The molecule has 2 nitrogen and oxygen atoms in total. The maximum Gasteiger partial charge on any atom is 0.223 e. The minimum Gasteiger partial charge on any atom is -0.349 e. The van der Waals surface area contributed by atoms with Crippen LogP contribution in [0.25, 0.3) is 0 Å². The van der Waals surface area contributed by atoms with Crippen molar-refractivity contribution in [1.82, 2.24) is 5.32 Å². The molecule has 2 aliphatic carbocycles. The molecule has 0 saturated heterocycles. The van der Waals surface area contributed by atoms with Crippen LogP contribution in [0.5, 0.6) is 0 Å². The molecule has 96 valence electrons. The van der Waals surface area contributed by atoms with Gasteiger partial charge in [-0.1, -0.05) is 28.1 Å². The van der Waals surface area contributed by atoms with E-state index in [1.165, 1.54) is 6.42 Å². The average Bonchev–Trinajstić information content (AvgIpc) is 2.96. The Morgan fingerprint density at radius 1 is 1.22 bits per heavy atom. The van der Waals surface area contributed by atoms with Crippen molar-refractivity contribution >= 4 is 21.8 Å². The van der Waals surface area contributed by atoms with E-state index in [0.29, 0.717) is 0 Å². The molecule has 3 atom stereocenters. The standard InChI is InChI=1S/C15H18BrNO/c1-9(10-2-4-14(16)5-3-10)17-15(18)13-7-11-6-12(11)8-13/h2-5,9,11-13H,6-8H2,1H3,(H,17,18)/t9-,11?,12?,13?/m0/s1. The summed E-state index contributed by atoms with van der Waals surface area (Å²) >= 11 is 3.42. The molecular formula is C15H18BrNO. The monoisotopic (exact) mass is 307 g/mol. The Balaban J connectivity index is 1.58. The van der Waals surface area contributed by atoms with Crippen molar-refractivity contribution in [2.45, 2.75) is 32.2 Å². The van der Waals surface area contributed by atoms with Gasteiger partial charge in [0.2, 0.25) is 5.91 Å². The van der Waals surface area contributed by atoms with Gasteiger partial charge in [0.05, 0.1) is 6.04 Å². The zero-order valence-electron chi connectivity index (χ0n) is 10.5. The zero-order chi connectivity index (χ0) is 12.7. The SMILES string of the molecule is C[C@H](NC(=O)C1CC2CC2C1)c1ccc(Br)cc1. The lowest BCUT2D eigenvalue weighted by Crippen LogP contribution is -2.32. The number of fused-ring (bicyclic) bond motifs is 1. The number of halogens is 1.